The van der Waals surface area contributed by atoms with Crippen LogP contribution >= 0.6 is 0 Å². The standard InChI is InChI=1S/C17H23NO7/c1-17(2,3)25-16(24)18-13(15(22)23)9-11(14(20)21)8-10-4-6-12(19)7-5-10/h4-7,11,13,19H,8-9H2,1-3H3,(H,18,24)(H,20,21)(H,22,23)/t11-,13+/m0/s1. The second-order valence-electron chi connectivity index (χ2n) is 6.68. The topological polar surface area (TPSA) is 133 Å². The van der Waals surface area contributed by atoms with E-state index in [1.807, 2.05) is 0 Å². The molecule has 0 spiro atoms. The van der Waals surface area contributed by atoms with Crippen LogP contribution in [-0.2, 0) is 20.7 Å². The number of ether oxygens (including phenoxy) is 1. The molecule has 1 aromatic carbocycles. The molecular weight excluding hydrogens is 330 g/mol. The molecule has 0 unspecified atom stereocenters. The summed E-state index contributed by atoms with van der Waals surface area (Å²) in [4.78, 5) is 34.6. The van der Waals surface area contributed by atoms with E-state index < -0.39 is 35.6 Å². The fourth-order valence-corrected chi connectivity index (χ4v) is 2.14. The molecule has 25 heavy (non-hydrogen) atoms. The van der Waals surface area contributed by atoms with Crippen LogP contribution in [0.2, 0.25) is 0 Å². The van der Waals surface area contributed by atoms with Crippen LogP contribution in [0.25, 0.3) is 0 Å². The molecule has 138 valence electrons. The van der Waals surface area contributed by atoms with Crippen LogP contribution < -0.4 is 5.32 Å². The molecule has 0 saturated carbocycles. The molecule has 0 aliphatic heterocycles. The summed E-state index contributed by atoms with van der Waals surface area (Å²) in [5.41, 5.74) is -0.169. The lowest BCUT2D eigenvalue weighted by molar-refractivity contribution is -0.144. The number of aliphatic carboxylic acids is 2. The van der Waals surface area contributed by atoms with E-state index in [2.05, 4.69) is 5.32 Å². The summed E-state index contributed by atoms with van der Waals surface area (Å²) in [6, 6.07) is 4.56. The summed E-state index contributed by atoms with van der Waals surface area (Å²) in [6.45, 7) is 4.90. The van der Waals surface area contributed by atoms with Crippen LogP contribution in [0.15, 0.2) is 24.3 Å². The van der Waals surface area contributed by atoms with Crippen molar-refractivity contribution in [2.75, 3.05) is 0 Å². The van der Waals surface area contributed by atoms with Crippen LogP contribution in [0.4, 0.5) is 4.79 Å². The third-order valence-electron chi connectivity index (χ3n) is 3.28. The fourth-order valence-electron chi connectivity index (χ4n) is 2.14. The quantitative estimate of drug-likeness (QED) is 0.589. The predicted molar refractivity (Wildman–Crippen MR) is 88.3 cm³/mol. The van der Waals surface area contributed by atoms with Crippen LogP contribution in [0, 0.1) is 5.92 Å². The Balaban J connectivity index is 2.80. The number of alkyl carbamates (subject to hydrolysis) is 1. The van der Waals surface area contributed by atoms with Crippen LogP contribution in [0.3, 0.4) is 0 Å². The Kier molecular flexibility index (Phi) is 6.78. The van der Waals surface area contributed by atoms with Crippen molar-refractivity contribution in [3.8, 4) is 5.75 Å². The number of nitrogens with one attached hydrogen (secondary N) is 1. The van der Waals surface area contributed by atoms with Crippen molar-refractivity contribution in [1.29, 1.82) is 0 Å². The van der Waals surface area contributed by atoms with Gasteiger partial charge in [-0.05, 0) is 51.3 Å². The van der Waals surface area contributed by atoms with Crippen molar-refractivity contribution in [2.24, 2.45) is 5.92 Å². The summed E-state index contributed by atoms with van der Waals surface area (Å²) < 4.78 is 5.00. The summed E-state index contributed by atoms with van der Waals surface area (Å²) in [5, 5.41) is 30.1. The molecular formula is C17H23NO7. The number of aromatic hydroxyl groups is 1. The highest BCUT2D eigenvalue weighted by molar-refractivity contribution is 5.81. The van der Waals surface area contributed by atoms with E-state index in [9.17, 15) is 29.7 Å². The number of benzene rings is 1. The van der Waals surface area contributed by atoms with Gasteiger partial charge in [-0.15, -0.1) is 0 Å². The van der Waals surface area contributed by atoms with Crippen LogP contribution in [0.1, 0.15) is 32.8 Å². The molecule has 0 aliphatic rings. The molecule has 4 N–H and O–H groups in total. The molecule has 0 saturated heterocycles. The maximum Gasteiger partial charge on any atom is 0.408 e. The Labute approximate surface area is 145 Å². The first-order valence-electron chi connectivity index (χ1n) is 7.71. The molecule has 0 bridgehead atoms. The number of carbonyl (C=O) groups is 3. The van der Waals surface area contributed by atoms with Gasteiger partial charge in [0.2, 0.25) is 0 Å². The predicted octanol–water partition coefficient (Wildman–Crippen LogP) is 2.00. The molecule has 0 radical (unpaired) electrons. The fraction of sp³-hybridized carbons (Fsp3) is 0.471. The maximum absolute atomic E-state index is 11.7. The van der Waals surface area contributed by atoms with E-state index in [0.29, 0.717) is 5.56 Å². The van der Waals surface area contributed by atoms with Gasteiger partial charge in [0, 0.05) is 0 Å². The number of phenols is 1. The van der Waals surface area contributed by atoms with Gasteiger partial charge in [-0.2, -0.15) is 0 Å². The zero-order chi connectivity index (χ0) is 19.2. The Bertz CT molecular complexity index is 619. The number of carbonyl (C=O) groups excluding carboxylic acids is 1. The van der Waals surface area contributed by atoms with Gasteiger partial charge in [-0.1, -0.05) is 12.1 Å². The zero-order valence-electron chi connectivity index (χ0n) is 14.4. The second kappa shape index (κ2) is 8.36. The van der Waals surface area contributed by atoms with Crippen molar-refractivity contribution < 1.29 is 34.4 Å². The normalized spacial score (nSPS) is 13.6. The number of amides is 1. The average molecular weight is 353 g/mol. The maximum atomic E-state index is 11.7. The second-order valence-corrected chi connectivity index (χ2v) is 6.68. The molecule has 1 aromatic rings. The largest absolute Gasteiger partial charge is 0.508 e. The molecule has 1 amide bonds. The Morgan fingerprint density at radius 3 is 2.08 bits per heavy atom. The third kappa shape index (κ3) is 7.56. The van der Waals surface area contributed by atoms with Crippen LogP contribution in [0.5, 0.6) is 5.75 Å². The first-order chi connectivity index (χ1) is 11.5. The number of carboxylic acid groups (broad SMARTS) is 2. The van der Waals surface area contributed by atoms with Gasteiger partial charge in [0.25, 0.3) is 0 Å². The van der Waals surface area contributed by atoms with Crippen molar-refractivity contribution in [1.82, 2.24) is 5.32 Å². The number of phenolic OH excluding ortho intramolecular Hbond substituents is 1. The summed E-state index contributed by atoms with van der Waals surface area (Å²) in [5.74, 6) is -3.50. The van der Waals surface area contributed by atoms with Gasteiger partial charge in [0.05, 0.1) is 5.92 Å². The highest BCUT2D eigenvalue weighted by atomic mass is 16.6. The Morgan fingerprint density at radius 2 is 1.64 bits per heavy atom. The van der Waals surface area contributed by atoms with Crippen molar-refractivity contribution >= 4 is 18.0 Å². The summed E-state index contributed by atoms with van der Waals surface area (Å²) >= 11 is 0. The summed E-state index contributed by atoms with van der Waals surface area (Å²) in [6.07, 6.45) is -1.16. The lowest BCUT2D eigenvalue weighted by Crippen LogP contribution is -2.45. The van der Waals surface area contributed by atoms with Crippen molar-refractivity contribution in [2.45, 2.75) is 45.3 Å². The minimum Gasteiger partial charge on any atom is -0.508 e. The Morgan fingerprint density at radius 1 is 1.08 bits per heavy atom. The van der Waals surface area contributed by atoms with E-state index >= 15 is 0 Å². The number of hydrogen-bond donors (Lipinski definition) is 4. The molecule has 0 fully saturated rings. The van der Waals surface area contributed by atoms with E-state index in [4.69, 9.17) is 4.74 Å². The third-order valence-corrected chi connectivity index (χ3v) is 3.28. The molecule has 1 rings (SSSR count). The first-order valence-corrected chi connectivity index (χ1v) is 7.71. The van der Waals surface area contributed by atoms with Crippen LogP contribution in [-0.4, -0.2) is 45.0 Å². The van der Waals surface area contributed by atoms with E-state index in [1.54, 1.807) is 32.9 Å². The lowest BCUT2D eigenvalue weighted by Gasteiger charge is -2.23. The molecule has 8 nitrogen and oxygen atoms in total. The van der Waals surface area contributed by atoms with Gasteiger partial charge in [-0.3, -0.25) is 4.79 Å². The molecule has 0 heterocycles. The smallest absolute Gasteiger partial charge is 0.408 e. The molecule has 0 aromatic heterocycles. The van der Waals surface area contributed by atoms with Gasteiger partial charge in [-0.25, -0.2) is 9.59 Å². The molecule has 0 aliphatic carbocycles. The highest BCUT2D eigenvalue weighted by Crippen LogP contribution is 2.18. The minimum absolute atomic E-state index is 0.0469. The minimum atomic E-state index is -1.40. The highest BCUT2D eigenvalue weighted by Gasteiger charge is 2.30. The van der Waals surface area contributed by atoms with Gasteiger partial charge in [0.15, 0.2) is 0 Å². The summed E-state index contributed by atoms with van der Waals surface area (Å²) in [7, 11) is 0. The average Bonchev–Trinajstić information content (AvgIpc) is 2.45. The Hall–Kier alpha value is -2.77. The zero-order valence-corrected chi connectivity index (χ0v) is 14.4. The van der Waals surface area contributed by atoms with E-state index in [1.165, 1.54) is 12.1 Å². The lowest BCUT2D eigenvalue weighted by atomic mass is 9.92. The number of hydrogen-bond acceptors (Lipinski definition) is 5. The number of rotatable bonds is 7. The van der Waals surface area contributed by atoms with Gasteiger partial charge in [0.1, 0.15) is 17.4 Å². The molecule has 8 heteroatoms. The molecule has 2 atom stereocenters. The van der Waals surface area contributed by atoms with E-state index in [-0.39, 0.29) is 18.6 Å². The monoisotopic (exact) mass is 353 g/mol. The first kappa shape index (κ1) is 20.3. The number of carboxylic acids is 2. The SMILES string of the molecule is CC(C)(C)OC(=O)N[C@H](C[C@H](Cc1ccc(O)cc1)C(=O)O)C(=O)O. The van der Waals surface area contributed by atoms with Gasteiger partial charge >= 0.3 is 18.0 Å². The van der Waals surface area contributed by atoms with Crippen molar-refractivity contribution in [3.05, 3.63) is 29.8 Å². The van der Waals surface area contributed by atoms with Gasteiger partial charge < -0.3 is 25.4 Å². The van der Waals surface area contributed by atoms with E-state index in [0.717, 1.165) is 0 Å². The van der Waals surface area contributed by atoms with Crippen molar-refractivity contribution in [3.63, 3.8) is 0 Å².